The van der Waals surface area contributed by atoms with Crippen molar-refractivity contribution in [1.82, 2.24) is 20.5 Å². The van der Waals surface area contributed by atoms with Gasteiger partial charge in [0, 0.05) is 44.5 Å². The Morgan fingerprint density at radius 1 is 1.32 bits per heavy atom. The Morgan fingerprint density at radius 3 is 2.68 bits per heavy atom. The van der Waals surface area contributed by atoms with Crippen molar-refractivity contribution in [2.75, 3.05) is 50.8 Å². The number of pyridine rings is 1. The molecule has 1 aromatic heterocycles. The molecule has 0 atom stereocenters. The SMILES string of the molecule is CCOC(=O)C1=C(CN2CCN(c3ccc([N+](=O)[O-])nc3)CC2)NC(=O)NC1. The van der Waals surface area contributed by atoms with E-state index in [9.17, 15) is 19.7 Å². The van der Waals surface area contributed by atoms with Gasteiger partial charge in [0.25, 0.3) is 0 Å². The molecule has 0 bridgehead atoms. The number of nitrogens with one attached hydrogen (secondary N) is 2. The van der Waals surface area contributed by atoms with Gasteiger partial charge in [0.05, 0.1) is 24.4 Å². The van der Waals surface area contributed by atoms with Gasteiger partial charge in [-0.25, -0.2) is 9.59 Å². The molecule has 1 fully saturated rings. The zero-order valence-corrected chi connectivity index (χ0v) is 15.5. The van der Waals surface area contributed by atoms with Crippen LogP contribution in [0.5, 0.6) is 0 Å². The molecule has 2 N–H and O–H groups in total. The number of anilines is 1. The van der Waals surface area contributed by atoms with Crippen LogP contribution in [0.25, 0.3) is 0 Å². The van der Waals surface area contributed by atoms with Crippen molar-refractivity contribution < 1.29 is 19.2 Å². The smallest absolute Gasteiger partial charge is 0.363 e. The highest BCUT2D eigenvalue weighted by Gasteiger charge is 2.26. The van der Waals surface area contributed by atoms with Crippen LogP contribution >= 0.6 is 0 Å². The molecule has 3 heterocycles. The van der Waals surface area contributed by atoms with Gasteiger partial charge in [-0.3, -0.25) is 4.90 Å². The third-order valence-electron chi connectivity index (χ3n) is 4.61. The van der Waals surface area contributed by atoms with Crippen molar-refractivity contribution >= 4 is 23.5 Å². The van der Waals surface area contributed by atoms with E-state index in [-0.39, 0.29) is 25.0 Å². The number of nitro groups is 1. The fraction of sp³-hybridized carbons (Fsp3) is 0.471. The Morgan fingerprint density at radius 2 is 2.07 bits per heavy atom. The lowest BCUT2D eigenvalue weighted by Gasteiger charge is -2.36. The largest absolute Gasteiger partial charge is 0.463 e. The number of aromatic nitrogens is 1. The number of esters is 1. The summed E-state index contributed by atoms with van der Waals surface area (Å²) in [7, 11) is 0. The number of rotatable bonds is 6. The van der Waals surface area contributed by atoms with Gasteiger partial charge in [-0.1, -0.05) is 0 Å². The minimum Gasteiger partial charge on any atom is -0.463 e. The Balaban J connectivity index is 1.61. The standard InChI is InChI=1S/C17H22N6O5/c1-2-28-16(24)13-10-19-17(25)20-14(13)11-21-5-7-22(8-6-21)12-3-4-15(18-9-12)23(26)27/h3-4,9H,2,5-8,10-11H2,1H3,(H2,19,20,25). The summed E-state index contributed by atoms with van der Waals surface area (Å²) in [4.78, 5) is 42.0. The second-order valence-corrected chi connectivity index (χ2v) is 6.38. The molecule has 1 aromatic rings. The van der Waals surface area contributed by atoms with Gasteiger partial charge in [0.1, 0.15) is 0 Å². The molecule has 2 aliphatic heterocycles. The van der Waals surface area contributed by atoms with Gasteiger partial charge in [-0.05, 0) is 22.9 Å². The molecule has 11 nitrogen and oxygen atoms in total. The highest BCUT2D eigenvalue weighted by atomic mass is 16.6. The third-order valence-corrected chi connectivity index (χ3v) is 4.61. The summed E-state index contributed by atoms with van der Waals surface area (Å²) in [5.74, 6) is -0.608. The molecule has 0 aromatic carbocycles. The summed E-state index contributed by atoms with van der Waals surface area (Å²) >= 11 is 0. The molecular formula is C17H22N6O5. The Kier molecular flexibility index (Phi) is 6.04. The van der Waals surface area contributed by atoms with E-state index in [1.54, 1.807) is 13.0 Å². The van der Waals surface area contributed by atoms with Crippen molar-refractivity contribution in [3.05, 3.63) is 39.7 Å². The molecule has 2 amide bonds. The van der Waals surface area contributed by atoms with Crippen molar-refractivity contribution in [2.45, 2.75) is 6.92 Å². The minimum absolute atomic E-state index is 0.147. The van der Waals surface area contributed by atoms with Gasteiger partial charge < -0.3 is 30.4 Å². The summed E-state index contributed by atoms with van der Waals surface area (Å²) in [5.41, 5.74) is 1.82. The lowest BCUT2D eigenvalue weighted by molar-refractivity contribution is -0.389. The number of urea groups is 1. The molecule has 0 aliphatic carbocycles. The summed E-state index contributed by atoms with van der Waals surface area (Å²) in [6.07, 6.45) is 1.50. The summed E-state index contributed by atoms with van der Waals surface area (Å²) in [5, 5.41) is 16.0. The molecule has 150 valence electrons. The average Bonchev–Trinajstić information content (AvgIpc) is 2.69. The molecule has 1 saturated heterocycles. The lowest BCUT2D eigenvalue weighted by Crippen LogP contribution is -2.51. The van der Waals surface area contributed by atoms with E-state index >= 15 is 0 Å². The first-order valence-corrected chi connectivity index (χ1v) is 8.99. The van der Waals surface area contributed by atoms with E-state index in [0.29, 0.717) is 44.0 Å². The number of hydrogen-bond donors (Lipinski definition) is 2. The monoisotopic (exact) mass is 390 g/mol. The average molecular weight is 390 g/mol. The van der Waals surface area contributed by atoms with E-state index in [1.165, 1.54) is 12.3 Å². The summed E-state index contributed by atoms with van der Waals surface area (Å²) < 4.78 is 5.07. The first-order chi connectivity index (χ1) is 13.5. The maximum Gasteiger partial charge on any atom is 0.363 e. The molecule has 28 heavy (non-hydrogen) atoms. The number of piperazine rings is 1. The van der Waals surface area contributed by atoms with Crippen LogP contribution in [0.15, 0.2) is 29.6 Å². The second-order valence-electron chi connectivity index (χ2n) is 6.38. The Hall–Kier alpha value is -3.21. The van der Waals surface area contributed by atoms with Gasteiger partial charge in [0.2, 0.25) is 0 Å². The van der Waals surface area contributed by atoms with Crippen LogP contribution in [0.3, 0.4) is 0 Å². The van der Waals surface area contributed by atoms with Gasteiger partial charge in [-0.2, -0.15) is 0 Å². The van der Waals surface area contributed by atoms with E-state index in [4.69, 9.17) is 4.74 Å². The van der Waals surface area contributed by atoms with Gasteiger partial charge >= 0.3 is 17.8 Å². The van der Waals surface area contributed by atoms with Crippen molar-refractivity contribution in [2.24, 2.45) is 0 Å². The summed E-state index contributed by atoms with van der Waals surface area (Å²) in [6.45, 7) is 5.41. The quantitative estimate of drug-likeness (QED) is 0.401. The third kappa shape index (κ3) is 4.55. The molecule has 0 saturated carbocycles. The Bertz CT molecular complexity index is 786. The minimum atomic E-state index is -0.524. The molecule has 11 heteroatoms. The molecular weight excluding hydrogens is 368 g/mol. The van der Waals surface area contributed by atoms with Crippen LogP contribution in [-0.4, -0.2) is 72.7 Å². The maximum absolute atomic E-state index is 12.1. The second kappa shape index (κ2) is 8.65. The molecule has 0 spiro atoms. The predicted molar refractivity (Wildman–Crippen MR) is 99.7 cm³/mol. The van der Waals surface area contributed by atoms with Crippen LogP contribution in [0, 0.1) is 10.1 Å². The fourth-order valence-electron chi connectivity index (χ4n) is 3.14. The predicted octanol–water partition coefficient (Wildman–Crippen LogP) is 0.242. The maximum atomic E-state index is 12.1. The van der Waals surface area contributed by atoms with Crippen LogP contribution in [0.1, 0.15) is 6.92 Å². The van der Waals surface area contributed by atoms with Crippen molar-refractivity contribution in [3.63, 3.8) is 0 Å². The molecule has 3 rings (SSSR count). The van der Waals surface area contributed by atoms with E-state index in [2.05, 4.69) is 25.4 Å². The number of carbonyl (C=O) groups is 2. The first kappa shape index (κ1) is 19.5. The van der Waals surface area contributed by atoms with Crippen LogP contribution in [-0.2, 0) is 9.53 Å². The van der Waals surface area contributed by atoms with E-state index < -0.39 is 10.9 Å². The fourth-order valence-corrected chi connectivity index (χ4v) is 3.14. The number of nitrogens with zero attached hydrogens (tertiary/aromatic N) is 4. The molecule has 0 radical (unpaired) electrons. The van der Waals surface area contributed by atoms with Gasteiger partial charge in [0.15, 0.2) is 6.20 Å². The zero-order chi connectivity index (χ0) is 20.1. The lowest BCUT2D eigenvalue weighted by atomic mass is 10.1. The number of hydrogen-bond acceptors (Lipinski definition) is 8. The number of amides is 2. The highest BCUT2D eigenvalue weighted by molar-refractivity contribution is 5.93. The molecule has 0 unspecified atom stereocenters. The molecule has 2 aliphatic rings. The number of carbonyl (C=O) groups excluding carboxylic acids is 2. The Labute approximate surface area is 161 Å². The van der Waals surface area contributed by atoms with E-state index in [0.717, 1.165) is 5.69 Å². The highest BCUT2D eigenvalue weighted by Crippen LogP contribution is 2.19. The van der Waals surface area contributed by atoms with Crippen LogP contribution in [0.2, 0.25) is 0 Å². The zero-order valence-electron chi connectivity index (χ0n) is 15.5. The van der Waals surface area contributed by atoms with Crippen LogP contribution < -0.4 is 15.5 Å². The topological polar surface area (TPSA) is 130 Å². The normalized spacial score (nSPS) is 17.8. The summed E-state index contributed by atoms with van der Waals surface area (Å²) in [6, 6.07) is 2.75. The first-order valence-electron chi connectivity index (χ1n) is 8.99. The van der Waals surface area contributed by atoms with Gasteiger partial charge in [-0.15, -0.1) is 0 Å². The number of ether oxygens (including phenoxy) is 1. The van der Waals surface area contributed by atoms with Crippen molar-refractivity contribution in [1.29, 1.82) is 0 Å². The van der Waals surface area contributed by atoms with Crippen LogP contribution in [0.4, 0.5) is 16.3 Å². The van der Waals surface area contributed by atoms with Crippen molar-refractivity contribution in [3.8, 4) is 0 Å². The van der Waals surface area contributed by atoms with E-state index in [1.807, 2.05) is 0 Å².